The van der Waals surface area contributed by atoms with Gasteiger partial charge < -0.3 is 9.47 Å². The van der Waals surface area contributed by atoms with Crippen LogP contribution in [0.15, 0.2) is 72.8 Å². The van der Waals surface area contributed by atoms with Crippen LogP contribution >= 0.6 is 0 Å². The number of ether oxygens (including phenoxy) is 2. The number of carbonyl (C=O) groups excluding carboxylic acids is 1. The maximum atomic E-state index is 13.6. The van der Waals surface area contributed by atoms with Crippen molar-refractivity contribution < 1.29 is 18.7 Å². The van der Waals surface area contributed by atoms with Gasteiger partial charge in [0.15, 0.2) is 24.3 Å². The normalized spacial score (nSPS) is 12.4. The van der Waals surface area contributed by atoms with Crippen molar-refractivity contribution in [2.24, 2.45) is 0 Å². The van der Waals surface area contributed by atoms with Crippen LogP contribution in [-0.4, -0.2) is 12.6 Å². The minimum atomic E-state index is -0.542. The van der Waals surface area contributed by atoms with Gasteiger partial charge in [-0.15, -0.1) is 0 Å². The quantitative estimate of drug-likeness (QED) is 0.658. The Morgan fingerprint density at radius 1 is 0.840 bits per heavy atom. The number of halogens is 1. The Morgan fingerprint density at radius 3 is 2.04 bits per heavy atom. The molecule has 0 N–H and O–H groups in total. The van der Waals surface area contributed by atoms with Gasteiger partial charge in [0, 0.05) is 11.1 Å². The third-order valence-electron chi connectivity index (χ3n) is 4.21. The summed E-state index contributed by atoms with van der Waals surface area (Å²) in [4.78, 5) is 12.2. The van der Waals surface area contributed by atoms with E-state index in [1.165, 1.54) is 12.1 Å². The van der Waals surface area contributed by atoms with Gasteiger partial charge in [0.25, 0.3) is 0 Å². The lowest BCUT2D eigenvalue weighted by molar-refractivity contribution is -0.149. The average molecular weight is 334 g/mol. The van der Waals surface area contributed by atoms with Crippen LogP contribution in [-0.2, 0) is 9.53 Å². The van der Waals surface area contributed by atoms with Crippen LogP contribution in [0.2, 0.25) is 0 Å². The summed E-state index contributed by atoms with van der Waals surface area (Å²) < 4.78 is 24.4. The van der Waals surface area contributed by atoms with Crippen molar-refractivity contribution in [2.45, 2.75) is 6.10 Å². The molecule has 1 aliphatic carbocycles. The van der Waals surface area contributed by atoms with Gasteiger partial charge in [-0.25, -0.2) is 9.18 Å². The lowest BCUT2D eigenvalue weighted by Gasteiger charge is -2.15. The molecular weight excluding hydrogens is 319 g/mol. The first-order valence-corrected chi connectivity index (χ1v) is 7.99. The SMILES string of the molecule is O=C(COc1ccccc1F)OC1c2ccccc2-c2ccccc21. The molecule has 0 aliphatic heterocycles. The van der Waals surface area contributed by atoms with Crippen LogP contribution < -0.4 is 4.74 Å². The van der Waals surface area contributed by atoms with Crippen LogP contribution in [0.3, 0.4) is 0 Å². The molecule has 0 unspecified atom stereocenters. The number of para-hydroxylation sites is 1. The Bertz CT molecular complexity index is 890. The van der Waals surface area contributed by atoms with Gasteiger partial charge in [-0.2, -0.15) is 0 Å². The van der Waals surface area contributed by atoms with Crippen LogP contribution in [0, 0.1) is 5.82 Å². The second-order valence-electron chi connectivity index (χ2n) is 5.76. The molecule has 0 heterocycles. The van der Waals surface area contributed by atoms with E-state index in [1.54, 1.807) is 12.1 Å². The first kappa shape index (κ1) is 15.4. The molecule has 0 amide bonds. The summed E-state index contributed by atoms with van der Waals surface area (Å²) >= 11 is 0. The monoisotopic (exact) mass is 334 g/mol. The van der Waals surface area contributed by atoms with Gasteiger partial charge in [0.2, 0.25) is 0 Å². The molecular formula is C21H15FO3. The highest BCUT2D eigenvalue weighted by molar-refractivity contribution is 5.80. The second-order valence-corrected chi connectivity index (χ2v) is 5.76. The molecule has 0 saturated heterocycles. The summed E-state index contributed by atoms with van der Waals surface area (Å²) in [5.74, 6) is -1.02. The Hall–Kier alpha value is -3.14. The van der Waals surface area contributed by atoms with Crippen molar-refractivity contribution in [2.75, 3.05) is 6.61 Å². The van der Waals surface area contributed by atoms with E-state index in [0.717, 1.165) is 22.3 Å². The lowest BCUT2D eigenvalue weighted by Crippen LogP contribution is -2.18. The molecule has 0 bridgehead atoms. The molecule has 4 rings (SSSR count). The maximum absolute atomic E-state index is 13.6. The smallest absolute Gasteiger partial charge is 0.345 e. The fourth-order valence-electron chi connectivity index (χ4n) is 3.10. The molecule has 25 heavy (non-hydrogen) atoms. The molecule has 0 fully saturated rings. The standard InChI is InChI=1S/C21H15FO3/c22-18-11-5-6-12-19(18)24-13-20(23)25-21-16-9-3-1-7-14(16)15-8-2-4-10-17(15)21/h1-12,21H,13H2. The first-order valence-electron chi connectivity index (χ1n) is 7.99. The van der Waals surface area contributed by atoms with Crippen LogP contribution in [0.25, 0.3) is 11.1 Å². The number of benzene rings is 3. The summed E-state index contributed by atoms with van der Waals surface area (Å²) in [6.07, 6.45) is -0.468. The Morgan fingerprint density at radius 2 is 1.40 bits per heavy atom. The van der Waals surface area contributed by atoms with Gasteiger partial charge in [0.1, 0.15) is 0 Å². The largest absolute Gasteiger partial charge is 0.479 e. The van der Waals surface area contributed by atoms with Crippen molar-refractivity contribution in [3.8, 4) is 16.9 Å². The summed E-state index contributed by atoms with van der Waals surface area (Å²) in [6.45, 7) is -0.345. The Kier molecular flexibility index (Phi) is 3.94. The van der Waals surface area contributed by atoms with E-state index in [0.29, 0.717) is 0 Å². The minimum absolute atomic E-state index is 0.0340. The van der Waals surface area contributed by atoms with E-state index in [2.05, 4.69) is 0 Å². The molecule has 4 heteroatoms. The van der Waals surface area contributed by atoms with Gasteiger partial charge in [0.05, 0.1) is 0 Å². The molecule has 0 spiro atoms. The number of hydrogen-bond acceptors (Lipinski definition) is 3. The van der Waals surface area contributed by atoms with Crippen molar-refractivity contribution in [3.05, 3.63) is 89.7 Å². The number of esters is 1. The predicted octanol–water partition coefficient (Wildman–Crippen LogP) is 4.52. The van der Waals surface area contributed by atoms with Crippen molar-refractivity contribution in [1.82, 2.24) is 0 Å². The summed E-state index contributed by atoms with van der Waals surface area (Å²) in [7, 11) is 0. The lowest BCUT2D eigenvalue weighted by atomic mass is 10.1. The molecule has 3 aromatic rings. The van der Waals surface area contributed by atoms with Crippen molar-refractivity contribution in [3.63, 3.8) is 0 Å². The highest BCUT2D eigenvalue weighted by atomic mass is 19.1. The van der Waals surface area contributed by atoms with Gasteiger partial charge >= 0.3 is 5.97 Å². The van der Waals surface area contributed by atoms with E-state index in [4.69, 9.17) is 9.47 Å². The maximum Gasteiger partial charge on any atom is 0.345 e. The highest BCUT2D eigenvalue weighted by Crippen LogP contribution is 2.45. The van der Waals surface area contributed by atoms with E-state index in [1.807, 2.05) is 48.5 Å². The van der Waals surface area contributed by atoms with E-state index in [-0.39, 0.29) is 12.4 Å². The molecule has 0 saturated carbocycles. The Labute approximate surface area is 144 Å². The number of rotatable bonds is 4. The average Bonchev–Trinajstić information content (AvgIpc) is 2.96. The zero-order chi connectivity index (χ0) is 17.2. The second kappa shape index (κ2) is 6.40. The minimum Gasteiger partial charge on any atom is -0.479 e. The summed E-state index contributed by atoms with van der Waals surface area (Å²) in [6, 6.07) is 21.6. The number of carbonyl (C=O) groups is 1. The molecule has 0 radical (unpaired) electrons. The van der Waals surface area contributed by atoms with Gasteiger partial charge in [-0.3, -0.25) is 0 Å². The number of fused-ring (bicyclic) bond motifs is 3. The van der Waals surface area contributed by atoms with Crippen LogP contribution in [0.4, 0.5) is 4.39 Å². The van der Waals surface area contributed by atoms with Crippen LogP contribution in [0.1, 0.15) is 17.2 Å². The number of hydrogen-bond donors (Lipinski definition) is 0. The van der Waals surface area contributed by atoms with Crippen molar-refractivity contribution >= 4 is 5.97 Å². The fourth-order valence-corrected chi connectivity index (χ4v) is 3.10. The molecule has 124 valence electrons. The van der Waals surface area contributed by atoms with Crippen molar-refractivity contribution in [1.29, 1.82) is 0 Å². The fraction of sp³-hybridized carbons (Fsp3) is 0.0952. The molecule has 3 aromatic carbocycles. The Balaban J connectivity index is 1.53. The van der Waals surface area contributed by atoms with E-state index in [9.17, 15) is 9.18 Å². The third kappa shape index (κ3) is 2.87. The molecule has 1 aliphatic rings. The van der Waals surface area contributed by atoms with E-state index < -0.39 is 17.9 Å². The van der Waals surface area contributed by atoms with Crippen LogP contribution in [0.5, 0.6) is 5.75 Å². The molecule has 0 aromatic heterocycles. The van der Waals surface area contributed by atoms with Gasteiger partial charge in [-0.1, -0.05) is 60.7 Å². The van der Waals surface area contributed by atoms with Gasteiger partial charge in [-0.05, 0) is 23.3 Å². The highest BCUT2D eigenvalue weighted by Gasteiger charge is 2.31. The predicted molar refractivity (Wildman–Crippen MR) is 91.7 cm³/mol. The van der Waals surface area contributed by atoms with E-state index >= 15 is 0 Å². The molecule has 3 nitrogen and oxygen atoms in total. The first-order chi connectivity index (χ1) is 12.2. The molecule has 0 atom stereocenters. The zero-order valence-electron chi connectivity index (χ0n) is 13.3. The topological polar surface area (TPSA) is 35.5 Å². The zero-order valence-corrected chi connectivity index (χ0v) is 13.3. The summed E-state index contributed by atoms with van der Waals surface area (Å²) in [5, 5.41) is 0. The third-order valence-corrected chi connectivity index (χ3v) is 4.21. The summed E-state index contributed by atoms with van der Waals surface area (Å²) in [5.41, 5.74) is 4.02.